The largest absolute Gasteiger partial charge is 0.497 e. The first-order chi connectivity index (χ1) is 10.2. The highest BCUT2D eigenvalue weighted by atomic mass is 35.5. The van der Waals surface area contributed by atoms with Gasteiger partial charge in [-0.15, -0.1) is 12.4 Å². The quantitative estimate of drug-likeness (QED) is 0.802. The molecule has 3 rings (SSSR count). The van der Waals surface area contributed by atoms with Gasteiger partial charge in [0, 0.05) is 32.5 Å². The second-order valence-electron chi connectivity index (χ2n) is 5.69. The number of halogens is 1. The van der Waals surface area contributed by atoms with Gasteiger partial charge in [-0.1, -0.05) is 18.2 Å². The van der Waals surface area contributed by atoms with Crippen LogP contribution in [0.3, 0.4) is 0 Å². The molecule has 1 aromatic carbocycles. The molecule has 1 aromatic rings. The molecule has 4 nitrogen and oxygen atoms in total. The highest BCUT2D eigenvalue weighted by Gasteiger charge is 2.36. The Hall–Kier alpha value is -1.52. The van der Waals surface area contributed by atoms with Crippen molar-refractivity contribution in [1.29, 1.82) is 0 Å². The summed E-state index contributed by atoms with van der Waals surface area (Å²) >= 11 is 0. The molecule has 22 heavy (non-hydrogen) atoms. The lowest BCUT2D eigenvalue weighted by Crippen LogP contribution is -2.47. The lowest BCUT2D eigenvalue weighted by Gasteiger charge is -2.42. The van der Waals surface area contributed by atoms with E-state index in [1.807, 2.05) is 12.1 Å². The summed E-state index contributed by atoms with van der Waals surface area (Å²) in [5.41, 5.74) is 2.49. The molecule has 0 aliphatic carbocycles. The third kappa shape index (κ3) is 3.45. The second-order valence-corrected chi connectivity index (χ2v) is 5.69. The van der Waals surface area contributed by atoms with Gasteiger partial charge < -0.3 is 9.47 Å². The minimum absolute atomic E-state index is 0. The van der Waals surface area contributed by atoms with Crippen LogP contribution in [0.5, 0.6) is 5.75 Å². The molecular weight excluding hydrogens is 302 g/mol. The predicted molar refractivity (Wildman–Crippen MR) is 88.3 cm³/mol. The van der Waals surface area contributed by atoms with Crippen LogP contribution in [0.15, 0.2) is 30.3 Å². The van der Waals surface area contributed by atoms with Gasteiger partial charge in [-0.05, 0) is 29.7 Å². The normalized spacial score (nSPS) is 26.5. The molecule has 0 spiro atoms. The van der Waals surface area contributed by atoms with E-state index in [0.717, 1.165) is 31.8 Å². The first-order valence-electron chi connectivity index (χ1n) is 7.41. The summed E-state index contributed by atoms with van der Waals surface area (Å²) in [5, 5.41) is 0. The van der Waals surface area contributed by atoms with E-state index in [-0.39, 0.29) is 30.4 Å². The van der Waals surface area contributed by atoms with E-state index in [9.17, 15) is 4.79 Å². The average molecular weight is 324 g/mol. The van der Waals surface area contributed by atoms with Crippen molar-refractivity contribution < 1.29 is 14.3 Å². The van der Waals surface area contributed by atoms with Crippen molar-refractivity contribution in [2.75, 3.05) is 26.7 Å². The summed E-state index contributed by atoms with van der Waals surface area (Å²) < 4.78 is 10.8. The number of nitrogens with zero attached hydrogens (tertiary/aromatic N) is 1. The van der Waals surface area contributed by atoms with Gasteiger partial charge in [0.2, 0.25) is 0 Å². The van der Waals surface area contributed by atoms with Crippen LogP contribution in [-0.4, -0.2) is 43.7 Å². The van der Waals surface area contributed by atoms with Crippen LogP contribution in [0, 0.1) is 5.92 Å². The zero-order valence-electron chi connectivity index (χ0n) is 13.0. The molecule has 0 N–H and O–H groups in total. The Labute approximate surface area is 137 Å². The summed E-state index contributed by atoms with van der Waals surface area (Å²) in [6.07, 6.45) is 3.18. The van der Waals surface area contributed by atoms with Crippen molar-refractivity contribution in [3.05, 3.63) is 35.9 Å². The fourth-order valence-corrected chi connectivity index (χ4v) is 3.31. The molecule has 2 bridgehead atoms. The Morgan fingerprint density at radius 2 is 2.00 bits per heavy atom. The molecule has 3 atom stereocenters. The Morgan fingerprint density at radius 3 is 2.64 bits per heavy atom. The lowest BCUT2D eigenvalue weighted by molar-refractivity contribution is -0.150. The average Bonchev–Trinajstić information content (AvgIpc) is 2.50. The molecule has 0 radical (unpaired) electrons. The number of rotatable bonds is 3. The lowest BCUT2D eigenvalue weighted by atomic mass is 9.81. The zero-order chi connectivity index (χ0) is 14.8. The van der Waals surface area contributed by atoms with Crippen LogP contribution in [-0.2, 0) is 9.53 Å². The minimum atomic E-state index is -0.187. The minimum Gasteiger partial charge on any atom is -0.497 e. The number of carbonyl (C=O) groups is 1. The Bertz CT molecular complexity index is 556. The first kappa shape index (κ1) is 16.8. The van der Waals surface area contributed by atoms with Crippen molar-refractivity contribution in [2.45, 2.75) is 19.4 Å². The summed E-state index contributed by atoms with van der Waals surface area (Å²) in [5.74, 6) is 0.940. The van der Waals surface area contributed by atoms with E-state index < -0.39 is 0 Å². The van der Waals surface area contributed by atoms with Crippen LogP contribution in [0.1, 0.15) is 18.9 Å². The first-order valence-corrected chi connectivity index (χ1v) is 7.41. The van der Waals surface area contributed by atoms with E-state index in [2.05, 4.69) is 23.1 Å². The molecule has 2 aliphatic heterocycles. The molecule has 5 heteroatoms. The maximum absolute atomic E-state index is 11.3. The fourth-order valence-electron chi connectivity index (χ4n) is 3.31. The van der Waals surface area contributed by atoms with Gasteiger partial charge in [0.15, 0.2) is 0 Å². The monoisotopic (exact) mass is 323 g/mol. The fraction of sp³-hybridized carbons (Fsp3) is 0.471. The number of carbonyl (C=O) groups excluding carboxylic acids is 1. The van der Waals surface area contributed by atoms with Crippen LogP contribution >= 0.6 is 12.4 Å². The van der Waals surface area contributed by atoms with Gasteiger partial charge in [-0.3, -0.25) is 9.69 Å². The Kier molecular flexibility index (Phi) is 5.48. The number of hydrogen-bond donors (Lipinski definition) is 0. The van der Waals surface area contributed by atoms with Gasteiger partial charge in [0.05, 0.1) is 7.11 Å². The van der Waals surface area contributed by atoms with Gasteiger partial charge in [-0.2, -0.15) is 0 Å². The number of piperidine rings is 1. The highest BCUT2D eigenvalue weighted by molar-refractivity contribution is 5.85. The third-order valence-electron chi connectivity index (χ3n) is 4.34. The number of fused-ring (bicyclic) bond motifs is 2. The van der Waals surface area contributed by atoms with Gasteiger partial charge in [-0.25, -0.2) is 0 Å². The van der Waals surface area contributed by atoms with Gasteiger partial charge in [0.1, 0.15) is 11.9 Å². The maximum Gasteiger partial charge on any atom is 0.302 e. The van der Waals surface area contributed by atoms with Crippen molar-refractivity contribution in [2.24, 2.45) is 5.92 Å². The smallest absolute Gasteiger partial charge is 0.302 e. The van der Waals surface area contributed by atoms with E-state index in [0.29, 0.717) is 0 Å². The highest BCUT2D eigenvalue weighted by Crippen LogP contribution is 2.36. The number of benzene rings is 1. The molecule has 0 saturated carbocycles. The number of ether oxygens (including phenoxy) is 2. The number of esters is 1. The van der Waals surface area contributed by atoms with Crippen LogP contribution in [0.2, 0.25) is 0 Å². The molecule has 2 heterocycles. The van der Waals surface area contributed by atoms with E-state index in [4.69, 9.17) is 9.47 Å². The standard InChI is InChI=1S/C17H21NO3.ClH/c1-12(19)21-17-8-10-18-9-7-15(16(17)11-18)13-3-5-14(20-2)6-4-13;/h3-7,16-17H,8-11H2,1-2H3;1H. The van der Waals surface area contributed by atoms with Crippen molar-refractivity contribution in [1.82, 2.24) is 4.90 Å². The van der Waals surface area contributed by atoms with Gasteiger partial charge in [0.25, 0.3) is 0 Å². The molecular formula is C17H22ClNO3. The topological polar surface area (TPSA) is 38.8 Å². The molecule has 1 fully saturated rings. The van der Waals surface area contributed by atoms with Crippen LogP contribution in [0.25, 0.3) is 5.57 Å². The Balaban J connectivity index is 0.00000176. The molecule has 2 aliphatic rings. The molecule has 3 unspecified atom stereocenters. The van der Waals surface area contributed by atoms with E-state index >= 15 is 0 Å². The maximum atomic E-state index is 11.3. The van der Waals surface area contributed by atoms with Crippen molar-refractivity contribution in [3.63, 3.8) is 0 Å². The molecule has 0 aromatic heterocycles. The molecule has 0 amide bonds. The summed E-state index contributed by atoms with van der Waals surface area (Å²) in [6, 6.07) is 8.12. The molecule has 1 saturated heterocycles. The summed E-state index contributed by atoms with van der Waals surface area (Å²) in [7, 11) is 1.67. The molecule has 120 valence electrons. The SMILES string of the molecule is COc1ccc(C2=CCN3CCC(OC(C)=O)C2C3)cc1.Cl. The van der Waals surface area contributed by atoms with Gasteiger partial charge >= 0.3 is 5.97 Å². The van der Waals surface area contributed by atoms with Crippen molar-refractivity contribution >= 4 is 23.9 Å². The van der Waals surface area contributed by atoms with Crippen LogP contribution < -0.4 is 4.74 Å². The third-order valence-corrected chi connectivity index (χ3v) is 4.34. The zero-order valence-corrected chi connectivity index (χ0v) is 13.8. The summed E-state index contributed by atoms with van der Waals surface area (Å²) in [6.45, 7) is 4.44. The Morgan fingerprint density at radius 1 is 1.27 bits per heavy atom. The van der Waals surface area contributed by atoms with E-state index in [1.165, 1.54) is 18.1 Å². The van der Waals surface area contributed by atoms with Crippen LogP contribution in [0.4, 0.5) is 0 Å². The second kappa shape index (κ2) is 7.16. The van der Waals surface area contributed by atoms with E-state index in [1.54, 1.807) is 7.11 Å². The van der Waals surface area contributed by atoms with Crippen molar-refractivity contribution in [3.8, 4) is 5.75 Å². The number of hydrogen-bond acceptors (Lipinski definition) is 4. The predicted octanol–water partition coefficient (Wildman–Crippen LogP) is 2.77. The summed E-state index contributed by atoms with van der Waals surface area (Å²) in [4.78, 5) is 13.7. The number of methoxy groups -OCH3 is 1.